The van der Waals surface area contributed by atoms with Crippen LogP contribution in [0, 0.1) is 0 Å². The summed E-state index contributed by atoms with van der Waals surface area (Å²) >= 11 is 17.5. The molecule has 0 bridgehead atoms. The second-order valence-corrected chi connectivity index (χ2v) is 5.43. The van der Waals surface area contributed by atoms with Crippen LogP contribution in [0.1, 0.15) is 10.4 Å². The molecule has 0 atom stereocenters. The number of benzene rings is 2. The molecule has 0 unspecified atom stereocenters. The second-order valence-electron chi connectivity index (χ2n) is 4.21. The van der Waals surface area contributed by atoms with Gasteiger partial charge in [-0.1, -0.05) is 34.8 Å². The van der Waals surface area contributed by atoms with Crippen molar-refractivity contribution in [3.8, 4) is 0 Å². The van der Waals surface area contributed by atoms with Gasteiger partial charge in [0.2, 0.25) is 0 Å². The number of anilines is 2. The summed E-state index contributed by atoms with van der Waals surface area (Å²) in [6, 6.07) is 7.99. The minimum atomic E-state index is -1.12. The normalized spacial score (nSPS) is 10.1. The van der Waals surface area contributed by atoms with Gasteiger partial charge in [0.25, 0.3) is 0 Å². The molecule has 2 rings (SSSR count). The van der Waals surface area contributed by atoms with E-state index in [0.717, 1.165) is 0 Å². The molecule has 0 heterocycles. The largest absolute Gasteiger partial charge is 0.478 e. The molecule has 0 radical (unpaired) electrons. The Hall–Kier alpha value is -1.95. The fourth-order valence-electron chi connectivity index (χ4n) is 1.61. The first-order valence-corrected chi connectivity index (χ1v) is 7.06. The Morgan fingerprint density at radius 3 is 2.18 bits per heavy atom. The number of carbonyl (C=O) groups is 2. The molecule has 0 saturated carbocycles. The van der Waals surface area contributed by atoms with E-state index in [1.807, 2.05) is 0 Å². The SMILES string of the molecule is O=C(Nc1ccc(Cl)c(Cl)c1)Nc1cc(C(=O)O)ccc1Cl. The van der Waals surface area contributed by atoms with Crippen LogP contribution in [0.5, 0.6) is 0 Å². The van der Waals surface area contributed by atoms with Crippen molar-refractivity contribution in [3.05, 3.63) is 57.0 Å². The van der Waals surface area contributed by atoms with Crippen LogP contribution >= 0.6 is 34.8 Å². The number of nitrogens with one attached hydrogen (secondary N) is 2. The van der Waals surface area contributed by atoms with E-state index in [1.54, 1.807) is 6.07 Å². The lowest BCUT2D eigenvalue weighted by Gasteiger charge is -2.10. The third-order valence-corrected chi connectivity index (χ3v) is 3.71. The molecular formula is C14H9Cl3N2O3. The third kappa shape index (κ3) is 4.04. The Morgan fingerprint density at radius 1 is 0.864 bits per heavy atom. The summed E-state index contributed by atoms with van der Waals surface area (Å²) in [6.07, 6.45) is 0. The lowest BCUT2D eigenvalue weighted by Crippen LogP contribution is -2.19. The van der Waals surface area contributed by atoms with Gasteiger partial charge in [0.05, 0.1) is 26.3 Å². The van der Waals surface area contributed by atoms with Crippen molar-refractivity contribution in [3.63, 3.8) is 0 Å². The number of halogens is 3. The van der Waals surface area contributed by atoms with Gasteiger partial charge >= 0.3 is 12.0 Å². The molecule has 0 spiro atoms. The van der Waals surface area contributed by atoms with Crippen LogP contribution in [0.4, 0.5) is 16.2 Å². The molecule has 3 N–H and O–H groups in total. The van der Waals surface area contributed by atoms with Gasteiger partial charge in [-0.2, -0.15) is 0 Å². The van der Waals surface area contributed by atoms with E-state index >= 15 is 0 Å². The molecule has 114 valence electrons. The van der Waals surface area contributed by atoms with Gasteiger partial charge in [0.15, 0.2) is 0 Å². The van der Waals surface area contributed by atoms with E-state index in [0.29, 0.717) is 15.7 Å². The van der Waals surface area contributed by atoms with Gasteiger partial charge < -0.3 is 15.7 Å². The van der Waals surface area contributed by atoms with Crippen LogP contribution in [0.25, 0.3) is 0 Å². The van der Waals surface area contributed by atoms with Crippen LogP contribution in [0.3, 0.4) is 0 Å². The summed E-state index contributed by atoms with van der Waals surface area (Å²) in [6.45, 7) is 0. The van der Waals surface area contributed by atoms with Crippen LogP contribution in [0.15, 0.2) is 36.4 Å². The average Bonchev–Trinajstić information content (AvgIpc) is 2.45. The smallest absolute Gasteiger partial charge is 0.335 e. The van der Waals surface area contributed by atoms with Crippen molar-refractivity contribution in [2.24, 2.45) is 0 Å². The lowest BCUT2D eigenvalue weighted by molar-refractivity contribution is 0.0697. The van der Waals surface area contributed by atoms with Crippen LogP contribution in [0.2, 0.25) is 15.1 Å². The molecule has 22 heavy (non-hydrogen) atoms. The van der Waals surface area contributed by atoms with E-state index in [1.165, 1.54) is 30.3 Å². The molecule has 8 heteroatoms. The number of rotatable bonds is 3. The summed E-state index contributed by atoms with van der Waals surface area (Å²) < 4.78 is 0. The number of urea groups is 1. The number of carboxylic acid groups (broad SMARTS) is 1. The molecule has 2 amide bonds. The first-order chi connectivity index (χ1) is 10.4. The number of carboxylic acids is 1. The molecule has 2 aromatic rings. The van der Waals surface area contributed by atoms with Crippen LogP contribution in [-0.2, 0) is 0 Å². The molecule has 0 aromatic heterocycles. The number of aromatic carboxylic acids is 1. The van der Waals surface area contributed by atoms with E-state index in [-0.39, 0.29) is 16.3 Å². The van der Waals surface area contributed by atoms with E-state index in [9.17, 15) is 9.59 Å². The van der Waals surface area contributed by atoms with Crippen molar-refractivity contribution >= 4 is 58.2 Å². The number of hydrogen-bond acceptors (Lipinski definition) is 2. The minimum absolute atomic E-state index is 0.00855. The zero-order chi connectivity index (χ0) is 16.3. The van der Waals surface area contributed by atoms with Gasteiger partial charge in [0, 0.05) is 5.69 Å². The lowest BCUT2D eigenvalue weighted by atomic mass is 10.2. The highest BCUT2D eigenvalue weighted by molar-refractivity contribution is 6.42. The van der Waals surface area contributed by atoms with Gasteiger partial charge in [-0.3, -0.25) is 0 Å². The molecule has 0 fully saturated rings. The highest BCUT2D eigenvalue weighted by Gasteiger charge is 2.10. The van der Waals surface area contributed by atoms with Crippen molar-refractivity contribution in [2.45, 2.75) is 0 Å². The fraction of sp³-hybridized carbons (Fsp3) is 0. The van der Waals surface area contributed by atoms with E-state index < -0.39 is 12.0 Å². The summed E-state index contributed by atoms with van der Waals surface area (Å²) in [7, 11) is 0. The molecule has 0 saturated heterocycles. The summed E-state index contributed by atoms with van der Waals surface area (Å²) in [4.78, 5) is 22.8. The molecule has 0 aliphatic carbocycles. The van der Waals surface area contributed by atoms with E-state index in [2.05, 4.69) is 10.6 Å². The second kappa shape index (κ2) is 6.87. The Morgan fingerprint density at radius 2 is 1.55 bits per heavy atom. The fourth-order valence-corrected chi connectivity index (χ4v) is 2.08. The first kappa shape index (κ1) is 16.4. The monoisotopic (exact) mass is 358 g/mol. The Bertz CT molecular complexity index is 750. The number of amides is 2. The van der Waals surface area contributed by atoms with Crippen LogP contribution < -0.4 is 10.6 Å². The van der Waals surface area contributed by atoms with Crippen molar-refractivity contribution in [1.29, 1.82) is 0 Å². The van der Waals surface area contributed by atoms with Gasteiger partial charge in [0.1, 0.15) is 0 Å². The first-order valence-electron chi connectivity index (χ1n) is 5.92. The predicted molar refractivity (Wildman–Crippen MR) is 87.5 cm³/mol. The van der Waals surface area contributed by atoms with Crippen molar-refractivity contribution in [2.75, 3.05) is 10.6 Å². The highest BCUT2D eigenvalue weighted by Crippen LogP contribution is 2.26. The third-order valence-electron chi connectivity index (χ3n) is 2.64. The van der Waals surface area contributed by atoms with Crippen LogP contribution in [-0.4, -0.2) is 17.1 Å². The average molecular weight is 360 g/mol. The van der Waals surface area contributed by atoms with Gasteiger partial charge in [-0.25, -0.2) is 9.59 Å². The Labute approximate surface area is 140 Å². The maximum absolute atomic E-state index is 11.9. The predicted octanol–water partition coefficient (Wildman–Crippen LogP) is 4.99. The topological polar surface area (TPSA) is 78.4 Å². The maximum Gasteiger partial charge on any atom is 0.335 e. The molecular weight excluding hydrogens is 351 g/mol. The summed E-state index contributed by atoms with van der Waals surface area (Å²) in [5.41, 5.74) is 0.616. The number of hydrogen-bond donors (Lipinski definition) is 3. The van der Waals surface area contributed by atoms with Gasteiger partial charge in [-0.15, -0.1) is 0 Å². The summed E-state index contributed by atoms with van der Waals surface area (Å²) in [5.74, 6) is -1.12. The van der Waals surface area contributed by atoms with Crippen molar-refractivity contribution < 1.29 is 14.7 Å². The summed E-state index contributed by atoms with van der Waals surface area (Å²) in [5, 5.41) is 14.8. The molecule has 0 aliphatic rings. The zero-order valence-corrected chi connectivity index (χ0v) is 13.1. The zero-order valence-electron chi connectivity index (χ0n) is 10.9. The molecule has 2 aromatic carbocycles. The van der Waals surface area contributed by atoms with E-state index in [4.69, 9.17) is 39.9 Å². The Balaban J connectivity index is 2.13. The molecule has 0 aliphatic heterocycles. The quantitative estimate of drug-likeness (QED) is 0.722. The number of carbonyl (C=O) groups excluding carboxylic acids is 1. The van der Waals surface area contributed by atoms with Gasteiger partial charge in [-0.05, 0) is 36.4 Å². The maximum atomic E-state index is 11.9. The standard InChI is InChI=1S/C14H9Cl3N2O3/c15-9-4-2-8(6-11(9)17)18-14(22)19-12-5-7(13(20)21)1-3-10(12)16/h1-6H,(H,20,21)(H2,18,19,22). The minimum Gasteiger partial charge on any atom is -0.478 e. The Kier molecular flexibility index (Phi) is 5.13. The van der Waals surface area contributed by atoms with Crippen molar-refractivity contribution in [1.82, 2.24) is 0 Å². The molecule has 5 nitrogen and oxygen atoms in total. The highest BCUT2D eigenvalue weighted by atomic mass is 35.5.